The van der Waals surface area contributed by atoms with Gasteiger partial charge < -0.3 is 25.0 Å². The largest absolute Gasteiger partial charge is 0.545 e. The molecule has 0 spiro atoms. The Balaban J connectivity index is 1.21. The number of carboxylic acid groups (broad SMARTS) is 1. The van der Waals surface area contributed by atoms with Crippen LogP contribution >= 0.6 is 0 Å². The molecule has 270 valence electrons. The number of aromatic carboxylic acids is 1. The van der Waals surface area contributed by atoms with E-state index in [1.807, 2.05) is 0 Å². The van der Waals surface area contributed by atoms with Crippen molar-refractivity contribution >= 4 is 40.9 Å². The van der Waals surface area contributed by atoms with E-state index in [1.54, 1.807) is 12.1 Å². The third-order valence-electron chi connectivity index (χ3n) is 11.1. The van der Waals surface area contributed by atoms with Crippen molar-refractivity contribution < 1.29 is 33.9 Å². The second-order valence-corrected chi connectivity index (χ2v) is 14.9. The topological polar surface area (TPSA) is 139 Å². The van der Waals surface area contributed by atoms with E-state index in [2.05, 4.69) is 67.0 Å². The molecule has 0 unspecified atom stereocenters. The van der Waals surface area contributed by atoms with Gasteiger partial charge in [0.2, 0.25) is 5.36 Å². The van der Waals surface area contributed by atoms with Crippen molar-refractivity contribution in [3.63, 3.8) is 0 Å². The maximum absolute atomic E-state index is 13.3. The smallest absolute Gasteiger partial charge is 0.333 e. The number of unbranched alkanes of at least 4 members (excludes halogenated alkanes) is 1. The average Bonchev–Trinajstić information content (AvgIpc) is 3.43. The molecule has 3 aromatic rings. The maximum Gasteiger partial charge on any atom is 0.333 e. The number of anilines is 1. The van der Waals surface area contributed by atoms with Crippen molar-refractivity contribution in [1.29, 1.82) is 0 Å². The molecule has 0 bridgehead atoms. The molecule has 11 heteroatoms. The molecule has 3 aliphatic heterocycles. The number of rotatable bonds is 9. The van der Waals surface area contributed by atoms with Crippen LogP contribution in [-0.2, 0) is 37.5 Å². The lowest BCUT2D eigenvalue weighted by Crippen LogP contribution is -2.42. The predicted molar refractivity (Wildman–Crippen MR) is 192 cm³/mol. The lowest BCUT2D eigenvalue weighted by atomic mass is 9.67. The Hall–Kier alpha value is -5.32. The molecule has 0 saturated carbocycles. The van der Waals surface area contributed by atoms with Crippen molar-refractivity contribution in [3.05, 3.63) is 97.5 Å². The third kappa shape index (κ3) is 6.26. The first-order valence-corrected chi connectivity index (χ1v) is 18.2. The highest BCUT2D eigenvalue weighted by Gasteiger charge is 2.37. The van der Waals surface area contributed by atoms with Gasteiger partial charge in [0.1, 0.15) is 13.6 Å². The maximum atomic E-state index is 13.3. The van der Waals surface area contributed by atoms with E-state index < -0.39 is 29.7 Å². The van der Waals surface area contributed by atoms with Crippen LogP contribution in [0.15, 0.2) is 42.5 Å². The van der Waals surface area contributed by atoms with Crippen molar-refractivity contribution in [2.45, 2.75) is 77.0 Å². The van der Waals surface area contributed by atoms with Gasteiger partial charge in [-0.2, -0.15) is 0 Å². The normalized spacial score (nSPS) is 17.3. The van der Waals surface area contributed by atoms with Gasteiger partial charge in [0.15, 0.2) is 0 Å². The van der Waals surface area contributed by atoms with Gasteiger partial charge in [-0.15, -0.1) is 5.06 Å². The summed E-state index contributed by atoms with van der Waals surface area (Å²) in [7, 11) is 4.25. The van der Waals surface area contributed by atoms with Crippen molar-refractivity contribution in [1.82, 2.24) is 15.0 Å². The molecule has 0 aromatic heterocycles. The standard InChI is InChI=1S/C41H44N4O7/c1-41(2)31-22-33-24(9-7-17-43(33)3)19-29(31)38(30-20-25-10-8-18-44(4)34(25)23-32(30)41)27-13-12-26(21-28(27)40(50)51)39(49)42-16-6-5-11-37(48)52-45-35(46)14-15-36(45)47/h12-13,19-23H,5-11,14-18H2,1-4H3,(H-,42,49,50,51). The summed E-state index contributed by atoms with van der Waals surface area (Å²) in [4.78, 5) is 68.8. The zero-order chi connectivity index (χ0) is 36.9. The Morgan fingerprint density at radius 1 is 0.904 bits per heavy atom. The number of benzene rings is 3. The molecule has 3 amide bonds. The number of imide groups is 1. The number of aryl methyl sites for hydroxylation is 2. The highest BCUT2D eigenvalue weighted by Crippen LogP contribution is 2.44. The van der Waals surface area contributed by atoms with E-state index in [4.69, 9.17) is 4.84 Å². The minimum absolute atomic E-state index is 0.0239. The molecule has 1 N–H and O–H groups in total. The molecule has 11 nitrogen and oxygen atoms in total. The fourth-order valence-electron chi connectivity index (χ4n) is 8.24. The second kappa shape index (κ2) is 13.7. The Morgan fingerprint density at radius 2 is 1.65 bits per heavy atom. The van der Waals surface area contributed by atoms with E-state index in [0.29, 0.717) is 23.5 Å². The van der Waals surface area contributed by atoms with Crippen molar-refractivity contribution in [2.75, 3.05) is 38.6 Å². The number of amides is 3. The Labute approximate surface area is 302 Å². The quantitative estimate of drug-likeness (QED) is 0.203. The van der Waals surface area contributed by atoms with Crippen LogP contribution in [0.25, 0.3) is 5.57 Å². The van der Waals surface area contributed by atoms with Crippen LogP contribution in [0.2, 0.25) is 0 Å². The highest BCUT2D eigenvalue weighted by molar-refractivity contribution is 6.02. The number of hydrogen-bond acceptors (Lipinski definition) is 8. The highest BCUT2D eigenvalue weighted by atomic mass is 16.7. The van der Waals surface area contributed by atoms with Gasteiger partial charge in [0, 0.05) is 79.7 Å². The second-order valence-electron chi connectivity index (χ2n) is 14.9. The minimum atomic E-state index is -1.37. The molecule has 1 fully saturated rings. The van der Waals surface area contributed by atoms with Gasteiger partial charge in [-0.05, 0) is 101 Å². The van der Waals surface area contributed by atoms with Gasteiger partial charge >= 0.3 is 5.97 Å². The Kier molecular flexibility index (Phi) is 9.23. The van der Waals surface area contributed by atoms with Gasteiger partial charge in [0.05, 0.1) is 5.97 Å². The number of carbonyl (C=O) groups is 5. The van der Waals surface area contributed by atoms with Crippen LogP contribution in [0.4, 0.5) is 5.69 Å². The van der Waals surface area contributed by atoms with Gasteiger partial charge in [-0.1, -0.05) is 19.9 Å². The summed E-state index contributed by atoms with van der Waals surface area (Å²) in [6.07, 6.45) is 4.74. The number of carbonyl (C=O) groups excluding carboxylic acids is 5. The van der Waals surface area contributed by atoms with Gasteiger partial charge in [-0.3, -0.25) is 14.4 Å². The zero-order valence-corrected chi connectivity index (χ0v) is 30.2. The predicted octanol–water partition coefficient (Wildman–Crippen LogP) is 1.89. The molecule has 52 heavy (non-hydrogen) atoms. The Bertz CT molecular complexity index is 2170. The van der Waals surface area contributed by atoms with Crippen LogP contribution < -0.4 is 30.5 Å². The SMILES string of the molecule is CN1CCCc2cc3c(cc21)C(C)(C)c1cc2c(cc1=C3c1ccc(C(=O)NCCCCC(=O)ON3C(=O)CCC3=O)cc1C(=O)[O-])CCC[N+]=2C. The molecule has 3 heterocycles. The number of carboxylic acids is 1. The molecular formula is C41H44N4O7. The lowest BCUT2D eigenvalue weighted by Gasteiger charge is -2.38. The number of fused-ring (bicyclic) bond motifs is 4. The number of nitrogens with one attached hydrogen (secondary N) is 1. The summed E-state index contributed by atoms with van der Waals surface area (Å²) in [6, 6.07) is 13.9. The van der Waals surface area contributed by atoms with Crippen LogP contribution in [0.3, 0.4) is 0 Å². The average molecular weight is 705 g/mol. The fraction of sp³-hybridized carbons (Fsp3) is 0.415. The molecular weight excluding hydrogens is 660 g/mol. The summed E-state index contributed by atoms with van der Waals surface area (Å²) in [5.41, 5.74) is 8.06. The van der Waals surface area contributed by atoms with E-state index in [-0.39, 0.29) is 42.3 Å². The molecule has 7 rings (SSSR count). The fourth-order valence-corrected chi connectivity index (χ4v) is 8.24. The first kappa shape index (κ1) is 35.1. The number of hydroxylamine groups is 2. The summed E-state index contributed by atoms with van der Waals surface area (Å²) >= 11 is 0. The third-order valence-corrected chi connectivity index (χ3v) is 11.1. The van der Waals surface area contributed by atoms with E-state index in [1.165, 1.54) is 28.2 Å². The lowest BCUT2D eigenvalue weighted by molar-refractivity contribution is -0.255. The van der Waals surface area contributed by atoms with E-state index in [9.17, 15) is 29.1 Å². The Morgan fingerprint density at radius 3 is 2.40 bits per heavy atom. The van der Waals surface area contributed by atoms with Crippen molar-refractivity contribution in [3.8, 4) is 0 Å². The van der Waals surface area contributed by atoms with Crippen LogP contribution in [0.5, 0.6) is 0 Å². The summed E-state index contributed by atoms with van der Waals surface area (Å²) in [6.45, 7) is 6.67. The van der Waals surface area contributed by atoms with Crippen LogP contribution in [-0.4, -0.2) is 68.5 Å². The van der Waals surface area contributed by atoms with E-state index in [0.717, 1.165) is 66.3 Å². The summed E-state index contributed by atoms with van der Waals surface area (Å²) < 4.78 is 2.30. The molecule has 1 saturated heterocycles. The van der Waals surface area contributed by atoms with Gasteiger partial charge in [-0.25, -0.2) is 9.37 Å². The van der Waals surface area contributed by atoms with Crippen molar-refractivity contribution in [2.24, 2.45) is 0 Å². The first-order chi connectivity index (χ1) is 24.8. The van der Waals surface area contributed by atoms with Crippen LogP contribution in [0.1, 0.15) is 113 Å². The molecule has 3 aromatic carbocycles. The van der Waals surface area contributed by atoms with E-state index >= 15 is 0 Å². The van der Waals surface area contributed by atoms with Crippen LogP contribution in [0, 0.1) is 0 Å². The zero-order valence-electron chi connectivity index (χ0n) is 30.2. The first-order valence-electron chi connectivity index (χ1n) is 18.2. The minimum Gasteiger partial charge on any atom is -0.545 e. The number of hydrogen-bond donors (Lipinski definition) is 1. The van der Waals surface area contributed by atoms with Gasteiger partial charge in [0.25, 0.3) is 17.7 Å². The molecule has 0 radical (unpaired) electrons. The summed E-state index contributed by atoms with van der Waals surface area (Å²) in [5.74, 6) is -3.59. The summed E-state index contributed by atoms with van der Waals surface area (Å²) in [5, 5.41) is 18.4. The molecule has 0 atom stereocenters. The molecule has 1 aliphatic carbocycles. The monoisotopic (exact) mass is 704 g/mol. The molecule has 4 aliphatic rings. The number of nitrogens with zero attached hydrogens (tertiary/aromatic N) is 3.